The molecule has 2 aromatic rings. The minimum Gasteiger partial charge on any atom is -0.472 e. The van der Waals surface area contributed by atoms with Crippen LogP contribution in [0.1, 0.15) is 24.2 Å². The zero-order chi connectivity index (χ0) is 17.1. The van der Waals surface area contributed by atoms with Crippen molar-refractivity contribution in [2.45, 2.75) is 25.9 Å². The van der Waals surface area contributed by atoms with E-state index in [1.54, 1.807) is 12.5 Å². The average molecular weight is 344 g/mol. The zero-order valence-electron chi connectivity index (χ0n) is 15.0. The second-order valence-corrected chi connectivity index (χ2v) is 7.67. The molecular formula is C20H28N2O3. The number of hydrogen-bond donors (Lipinski definition) is 0. The summed E-state index contributed by atoms with van der Waals surface area (Å²) in [6.07, 6.45) is 7.88. The number of methoxy groups -OCH3 is 1. The Morgan fingerprint density at radius 3 is 2.72 bits per heavy atom. The summed E-state index contributed by atoms with van der Waals surface area (Å²) >= 11 is 0. The SMILES string of the molecule is COCC1CN(Cc2ccco2)CC12CCN(Cc1ccoc1)CC2. The zero-order valence-corrected chi connectivity index (χ0v) is 15.0. The van der Waals surface area contributed by atoms with Crippen molar-refractivity contribution in [2.75, 3.05) is 39.9 Å². The van der Waals surface area contributed by atoms with Gasteiger partial charge >= 0.3 is 0 Å². The van der Waals surface area contributed by atoms with Crippen LogP contribution in [0.4, 0.5) is 0 Å². The highest BCUT2D eigenvalue weighted by Gasteiger charge is 2.47. The lowest BCUT2D eigenvalue weighted by Crippen LogP contribution is -2.44. The van der Waals surface area contributed by atoms with Gasteiger partial charge in [0.05, 0.1) is 31.9 Å². The van der Waals surface area contributed by atoms with E-state index in [0.29, 0.717) is 11.3 Å². The number of rotatable bonds is 6. The summed E-state index contributed by atoms with van der Waals surface area (Å²) in [5.74, 6) is 1.68. The van der Waals surface area contributed by atoms with E-state index in [4.69, 9.17) is 13.6 Å². The molecule has 0 aromatic carbocycles. The number of hydrogen-bond acceptors (Lipinski definition) is 5. The molecule has 0 N–H and O–H groups in total. The molecule has 2 aliphatic rings. The van der Waals surface area contributed by atoms with E-state index in [0.717, 1.165) is 51.6 Å². The molecule has 1 unspecified atom stereocenters. The van der Waals surface area contributed by atoms with Crippen molar-refractivity contribution in [3.8, 4) is 0 Å². The van der Waals surface area contributed by atoms with Gasteiger partial charge in [-0.1, -0.05) is 0 Å². The number of furan rings is 2. The molecule has 2 fully saturated rings. The summed E-state index contributed by atoms with van der Waals surface area (Å²) in [5, 5.41) is 0. The molecule has 25 heavy (non-hydrogen) atoms. The number of nitrogens with zero attached hydrogens (tertiary/aromatic N) is 2. The Hall–Kier alpha value is -1.56. The molecule has 0 amide bonds. The second-order valence-electron chi connectivity index (χ2n) is 7.67. The summed E-state index contributed by atoms with van der Waals surface area (Å²) in [7, 11) is 1.83. The Morgan fingerprint density at radius 1 is 1.16 bits per heavy atom. The van der Waals surface area contributed by atoms with Gasteiger partial charge in [-0.25, -0.2) is 0 Å². The summed E-state index contributed by atoms with van der Waals surface area (Å²) in [6.45, 7) is 7.33. The van der Waals surface area contributed by atoms with Crippen LogP contribution >= 0.6 is 0 Å². The number of piperidine rings is 1. The van der Waals surface area contributed by atoms with Crippen molar-refractivity contribution in [1.29, 1.82) is 0 Å². The Kier molecular flexibility index (Phi) is 4.97. The highest BCUT2D eigenvalue weighted by molar-refractivity contribution is 5.07. The lowest BCUT2D eigenvalue weighted by Gasteiger charge is -2.42. The maximum atomic E-state index is 5.57. The summed E-state index contributed by atoms with van der Waals surface area (Å²) in [6, 6.07) is 6.12. The van der Waals surface area contributed by atoms with Gasteiger partial charge in [0.25, 0.3) is 0 Å². The highest BCUT2D eigenvalue weighted by atomic mass is 16.5. The second kappa shape index (κ2) is 7.36. The monoisotopic (exact) mass is 344 g/mol. The minimum absolute atomic E-state index is 0.384. The first kappa shape index (κ1) is 16.9. The van der Waals surface area contributed by atoms with E-state index >= 15 is 0 Å². The molecule has 1 spiro atoms. The molecular weight excluding hydrogens is 316 g/mol. The first-order valence-electron chi connectivity index (χ1n) is 9.24. The van der Waals surface area contributed by atoms with Crippen LogP contribution in [0.15, 0.2) is 45.8 Å². The largest absolute Gasteiger partial charge is 0.472 e. The molecule has 0 aliphatic carbocycles. The Bertz CT molecular complexity index is 630. The summed E-state index contributed by atoms with van der Waals surface area (Å²) in [5.41, 5.74) is 1.66. The number of likely N-dealkylation sites (tertiary alicyclic amines) is 2. The van der Waals surface area contributed by atoms with Gasteiger partial charge in [-0.05, 0) is 49.5 Å². The molecule has 4 rings (SSSR count). The predicted octanol–water partition coefficient (Wildman–Crippen LogP) is 3.23. The molecule has 5 heteroatoms. The third-order valence-electron chi connectivity index (χ3n) is 6.05. The highest BCUT2D eigenvalue weighted by Crippen LogP contribution is 2.45. The fourth-order valence-electron chi connectivity index (χ4n) is 4.68. The normalized spacial score (nSPS) is 24.3. The van der Waals surface area contributed by atoms with Crippen molar-refractivity contribution in [2.24, 2.45) is 11.3 Å². The van der Waals surface area contributed by atoms with Gasteiger partial charge in [-0.2, -0.15) is 0 Å². The van der Waals surface area contributed by atoms with Crippen molar-refractivity contribution in [1.82, 2.24) is 9.80 Å². The topological polar surface area (TPSA) is 42.0 Å². The predicted molar refractivity (Wildman–Crippen MR) is 95.0 cm³/mol. The molecule has 136 valence electrons. The Balaban J connectivity index is 1.38. The molecule has 2 saturated heterocycles. The summed E-state index contributed by atoms with van der Waals surface area (Å²) in [4.78, 5) is 5.10. The molecule has 4 heterocycles. The molecule has 0 saturated carbocycles. The van der Waals surface area contributed by atoms with E-state index in [1.807, 2.05) is 19.4 Å². The van der Waals surface area contributed by atoms with E-state index in [-0.39, 0.29) is 0 Å². The van der Waals surface area contributed by atoms with Crippen LogP contribution in [0.25, 0.3) is 0 Å². The maximum Gasteiger partial charge on any atom is 0.117 e. The number of ether oxygens (including phenoxy) is 1. The van der Waals surface area contributed by atoms with E-state index in [2.05, 4.69) is 21.9 Å². The first-order chi connectivity index (χ1) is 12.3. The minimum atomic E-state index is 0.384. The smallest absolute Gasteiger partial charge is 0.117 e. The fourth-order valence-corrected chi connectivity index (χ4v) is 4.68. The van der Waals surface area contributed by atoms with Gasteiger partial charge < -0.3 is 13.6 Å². The van der Waals surface area contributed by atoms with Gasteiger partial charge in [-0.15, -0.1) is 0 Å². The van der Waals surface area contributed by atoms with Crippen molar-refractivity contribution < 1.29 is 13.6 Å². The Morgan fingerprint density at radius 2 is 2.04 bits per heavy atom. The third kappa shape index (κ3) is 3.68. The van der Waals surface area contributed by atoms with Gasteiger partial charge in [0.1, 0.15) is 5.76 Å². The third-order valence-corrected chi connectivity index (χ3v) is 6.05. The van der Waals surface area contributed by atoms with Crippen LogP contribution < -0.4 is 0 Å². The van der Waals surface area contributed by atoms with E-state index in [9.17, 15) is 0 Å². The van der Waals surface area contributed by atoms with E-state index in [1.165, 1.54) is 18.4 Å². The van der Waals surface area contributed by atoms with Crippen molar-refractivity contribution >= 4 is 0 Å². The van der Waals surface area contributed by atoms with E-state index < -0.39 is 0 Å². The van der Waals surface area contributed by atoms with Crippen molar-refractivity contribution in [3.63, 3.8) is 0 Å². The maximum absolute atomic E-state index is 5.57. The molecule has 5 nitrogen and oxygen atoms in total. The molecule has 2 aliphatic heterocycles. The fraction of sp³-hybridized carbons (Fsp3) is 0.600. The van der Waals surface area contributed by atoms with Crippen LogP contribution in [0.5, 0.6) is 0 Å². The lowest BCUT2D eigenvalue weighted by atomic mass is 9.71. The van der Waals surface area contributed by atoms with Crippen LogP contribution in [-0.4, -0.2) is 49.7 Å². The standard InChI is InChI=1S/C20H28N2O3/c1-23-15-18-12-22(13-19-3-2-9-25-19)16-20(18)5-7-21(8-6-20)11-17-4-10-24-14-17/h2-4,9-10,14,18H,5-8,11-13,15-16H2,1H3. The molecule has 2 aromatic heterocycles. The molecule has 0 bridgehead atoms. The van der Waals surface area contributed by atoms with Gasteiger partial charge in [0, 0.05) is 38.2 Å². The Labute approximate surface area is 149 Å². The lowest BCUT2D eigenvalue weighted by molar-refractivity contribution is 0.0349. The van der Waals surface area contributed by atoms with Crippen molar-refractivity contribution in [3.05, 3.63) is 48.3 Å². The molecule has 0 radical (unpaired) electrons. The average Bonchev–Trinajstić information content (AvgIpc) is 3.34. The van der Waals surface area contributed by atoms with Gasteiger partial charge in [-0.3, -0.25) is 9.80 Å². The van der Waals surface area contributed by atoms with Crippen LogP contribution in [0, 0.1) is 11.3 Å². The quantitative estimate of drug-likeness (QED) is 0.805. The van der Waals surface area contributed by atoms with Crippen LogP contribution in [0.2, 0.25) is 0 Å². The first-order valence-corrected chi connectivity index (χ1v) is 9.24. The van der Waals surface area contributed by atoms with Gasteiger partial charge in [0.2, 0.25) is 0 Å². The molecule has 1 atom stereocenters. The van der Waals surface area contributed by atoms with Gasteiger partial charge in [0.15, 0.2) is 0 Å². The van der Waals surface area contributed by atoms with Crippen LogP contribution in [0.3, 0.4) is 0 Å². The summed E-state index contributed by atoms with van der Waals surface area (Å²) < 4.78 is 16.3. The van der Waals surface area contributed by atoms with Crippen LogP contribution in [-0.2, 0) is 17.8 Å².